The number of amidine groups is 1. The molecule has 96 valence electrons. The lowest BCUT2D eigenvalue weighted by atomic mass is 9.99. The third kappa shape index (κ3) is 6.67. The Bertz CT molecular complexity index is 195. The standard InChI is InChI=1S/C12H27N3O/c1-4-7-8-11(5-2)9-15(6-3)10-12(13)14-16/h11,16H,4-10H2,1-3H3,(H2,13,14). The number of nitrogens with two attached hydrogens (primary N) is 1. The maximum atomic E-state index is 8.55. The van der Waals surface area contributed by atoms with E-state index in [0.29, 0.717) is 12.4 Å². The SMILES string of the molecule is CCCCC(CC)CN(CC)CC(N)=NO. The molecule has 3 N–H and O–H groups in total. The number of rotatable bonds is 9. The molecule has 1 atom stereocenters. The Labute approximate surface area is 99.5 Å². The normalized spacial score (nSPS) is 14.4. The van der Waals surface area contributed by atoms with Crippen LogP contribution in [0.4, 0.5) is 0 Å². The van der Waals surface area contributed by atoms with Crippen molar-refractivity contribution >= 4 is 5.84 Å². The molecular weight excluding hydrogens is 202 g/mol. The average Bonchev–Trinajstić information content (AvgIpc) is 2.32. The third-order valence-electron chi connectivity index (χ3n) is 3.02. The molecule has 0 aliphatic carbocycles. The molecule has 4 heteroatoms. The van der Waals surface area contributed by atoms with Gasteiger partial charge in [0.05, 0.1) is 6.54 Å². The van der Waals surface area contributed by atoms with E-state index in [1.165, 1.54) is 25.7 Å². The van der Waals surface area contributed by atoms with E-state index in [-0.39, 0.29) is 0 Å². The molecule has 0 spiro atoms. The van der Waals surface area contributed by atoms with E-state index in [2.05, 4.69) is 30.8 Å². The Kier molecular flexibility index (Phi) is 9.00. The maximum absolute atomic E-state index is 8.55. The number of oxime groups is 1. The van der Waals surface area contributed by atoms with Gasteiger partial charge in [-0.1, -0.05) is 45.2 Å². The van der Waals surface area contributed by atoms with Crippen LogP contribution < -0.4 is 5.73 Å². The summed E-state index contributed by atoms with van der Waals surface area (Å²) in [6.07, 6.45) is 5.02. The second-order valence-electron chi connectivity index (χ2n) is 4.34. The van der Waals surface area contributed by atoms with Crippen molar-refractivity contribution in [2.24, 2.45) is 16.8 Å². The summed E-state index contributed by atoms with van der Waals surface area (Å²) in [5.74, 6) is 1.03. The van der Waals surface area contributed by atoms with Gasteiger partial charge in [-0.15, -0.1) is 0 Å². The summed E-state index contributed by atoms with van der Waals surface area (Å²) in [5, 5.41) is 11.6. The molecule has 0 bridgehead atoms. The highest BCUT2D eigenvalue weighted by Gasteiger charge is 2.12. The third-order valence-corrected chi connectivity index (χ3v) is 3.02. The molecule has 0 saturated heterocycles. The predicted molar refractivity (Wildman–Crippen MR) is 68.8 cm³/mol. The van der Waals surface area contributed by atoms with Gasteiger partial charge in [-0.3, -0.25) is 4.90 Å². The summed E-state index contributed by atoms with van der Waals surface area (Å²) in [6, 6.07) is 0. The second-order valence-corrected chi connectivity index (χ2v) is 4.34. The van der Waals surface area contributed by atoms with Crippen LogP contribution >= 0.6 is 0 Å². The molecule has 0 radical (unpaired) electrons. The molecular formula is C12H27N3O. The lowest BCUT2D eigenvalue weighted by Gasteiger charge is -2.25. The van der Waals surface area contributed by atoms with E-state index >= 15 is 0 Å². The topological polar surface area (TPSA) is 61.8 Å². The van der Waals surface area contributed by atoms with Gasteiger partial charge in [-0.05, 0) is 18.9 Å². The quantitative estimate of drug-likeness (QED) is 0.276. The van der Waals surface area contributed by atoms with Crippen molar-refractivity contribution in [2.75, 3.05) is 19.6 Å². The molecule has 0 aromatic carbocycles. The zero-order valence-electron chi connectivity index (χ0n) is 10.9. The van der Waals surface area contributed by atoms with Crippen molar-refractivity contribution in [1.29, 1.82) is 0 Å². The fourth-order valence-electron chi connectivity index (χ4n) is 1.85. The van der Waals surface area contributed by atoms with E-state index in [0.717, 1.165) is 19.0 Å². The maximum Gasteiger partial charge on any atom is 0.153 e. The van der Waals surface area contributed by atoms with E-state index in [1.54, 1.807) is 0 Å². The van der Waals surface area contributed by atoms with Gasteiger partial charge >= 0.3 is 0 Å². The van der Waals surface area contributed by atoms with E-state index in [4.69, 9.17) is 10.9 Å². The minimum absolute atomic E-state index is 0.298. The lowest BCUT2D eigenvalue weighted by Crippen LogP contribution is -2.37. The minimum atomic E-state index is 0.298. The summed E-state index contributed by atoms with van der Waals surface area (Å²) in [5.41, 5.74) is 5.53. The molecule has 0 fully saturated rings. The predicted octanol–water partition coefficient (Wildman–Crippen LogP) is 2.27. The smallest absolute Gasteiger partial charge is 0.153 e. The van der Waals surface area contributed by atoms with Crippen molar-refractivity contribution < 1.29 is 5.21 Å². The van der Waals surface area contributed by atoms with Crippen LogP contribution in [0.15, 0.2) is 5.16 Å². The van der Waals surface area contributed by atoms with Crippen LogP contribution in [0.1, 0.15) is 46.5 Å². The van der Waals surface area contributed by atoms with Gasteiger partial charge in [0, 0.05) is 6.54 Å². The van der Waals surface area contributed by atoms with Gasteiger partial charge in [-0.25, -0.2) is 0 Å². The average molecular weight is 229 g/mol. The van der Waals surface area contributed by atoms with E-state index in [1.807, 2.05) is 0 Å². The largest absolute Gasteiger partial charge is 0.409 e. The molecule has 0 aliphatic heterocycles. The minimum Gasteiger partial charge on any atom is -0.409 e. The first-order valence-electron chi connectivity index (χ1n) is 6.36. The van der Waals surface area contributed by atoms with Crippen molar-refractivity contribution in [2.45, 2.75) is 46.5 Å². The molecule has 1 unspecified atom stereocenters. The molecule has 16 heavy (non-hydrogen) atoms. The number of unbranched alkanes of at least 4 members (excludes halogenated alkanes) is 1. The van der Waals surface area contributed by atoms with Crippen LogP contribution in [0.3, 0.4) is 0 Å². The summed E-state index contributed by atoms with van der Waals surface area (Å²) < 4.78 is 0. The number of nitrogens with zero attached hydrogens (tertiary/aromatic N) is 2. The van der Waals surface area contributed by atoms with Gasteiger partial charge < -0.3 is 10.9 Å². The van der Waals surface area contributed by atoms with Gasteiger partial charge in [0.2, 0.25) is 0 Å². The summed E-state index contributed by atoms with van der Waals surface area (Å²) in [6.45, 7) is 9.12. The molecule has 0 aromatic heterocycles. The monoisotopic (exact) mass is 229 g/mol. The van der Waals surface area contributed by atoms with Crippen LogP contribution in [0.25, 0.3) is 0 Å². The Morgan fingerprint density at radius 3 is 2.50 bits per heavy atom. The van der Waals surface area contributed by atoms with E-state index < -0.39 is 0 Å². The van der Waals surface area contributed by atoms with Crippen LogP contribution in [0, 0.1) is 5.92 Å². The zero-order valence-corrected chi connectivity index (χ0v) is 10.9. The summed E-state index contributed by atoms with van der Waals surface area (Å²) in [7, 11) is 0. The number of hydrogen-bond donors (Lipinski definition) is 2. The first kappa shape index (κ1) is 15.2. The molecule has 0 saturated carbocycles. The Hall–Kier alpha value is -0.770. The van der Waals surface area contributed by atoms with Crippen molar-refractivity contribution in [1.82, 2.24) is 4.90 Å². The number of hydrogen-bond acceptors (Lipinski definition) is 3. The highest BCUT2D eigenvalue weighted by Crippen LogP contribution is 2.14. The Morgan fingerprint density at radius 2 is 2.06 bits per heavy atom. The van der Waals surface area contributed by atoms with Crippen LogP contribution in [-0.2, 0) is 0 Å². The van der Waals surface area contributed by atoms with Gasteiger partial charge in [0.15, 0.2) is 5.84 Å². The first-order chi connectivity index (χ1) is 7.67. The van der Waals surface area contributed by atoms with E-state index in [9.17, 15) is 0 Å². The molecule has 0 rings (SSSR count). The molecule has 0 heterocycles. The summed E-state index contributed by atoms with van der Waals surface area (Å²) >= 11 is 0. The zero-order chi connectivity index (χ0) is 12.4. The Morgan fingerprint density at radius 1 is 1.38 bits per heavy atom. The second kappa shape index (κ2) is 9.46. The van der Waals surface area contributed by atoms with Crippen molar-refractivity contribution in [3.8, 4) is 0 Å². The summed E-state index contributed by atoms with van der Waals surface area (Å²) in [4.78, 5) is 2.24. The van der Waals surface area contributed by atoms with Crippen molar-refractivity contribution in [3.05, 3.63) is 0 Å². The highest BCUT2D eigenvalue weighted by molar-refractivity contribution is 5.81. The fourth-order valence-corrected chi connectivity index (χ4v) is 1.85. The van der Waals surface area contributed by atoms with Crippen LogP contribution in [0.2, 0.25) is 0 Å². The van der Waals surface area contributed by atoms with Crippen molar-refractivity contribution in [3.63, 3.8) is 0 Å². The fraction of sp³-hybridized carbons (Fsp3) is 0.917. The highest BCUT2D eigenvalue weighted by atomic mass is 16.4. The lowest BCUT2D eigenvalue weighted by molar-refractivity contribution is 0.248. The molecule has 0 aliphatic rings. The van der Waals surface area contributed by atoms with Gasteiger partial charge in [0.25, 0.3) is 0 Å². The molecule has 0 aromatic rings. The van der Waals surface area contributed by atoms with Crippen LogP contribution in [-0.4, -0.2) is 35.6 Å². The van der Waals surface area contributed by atoms with Crippen LogP contribution in [0.5, 0.6) is 0 Å². The molecule has 4 nitrogen and oxygen atoms in total. The molecule has 0 amide bonds. The van der Waals surface area contributed by atoms with Gasteiger partial charge in [0.1, 0.15) is 0 Å². The van der Waals surface area contributed by atoms with Gasteiger partial charge in [-0.2, -0.15) is 0 Å². The first-order valence-corrected chi connectivity index (χ1v) is 6.36. The Balaban J connectivity index is 4.05. The number of likely N-dealkylation sites (N-methyl/N-ethyl adjacent to an activating group) is 1.